The van der Waals surface area contributed by atoms with Gasteiger partial charge in [0.05, 0.1) is 23.3 Å². The zero-order valence-corrected chi connectivity index (χ0v) is 10.3. The van der Waals surface area contributed by atoms with Gasteiger partial charge < -0.3 is 10.2 Å². The molecular formula is C14H13N3O2. The molecule has 0 radical (unpaired) electrons. The van der Waals surface area contributed by atoms with Gasteiger partial charge in [0.1, 0.15) is 6.61 Å². The molecule has 1 aromatic heterocycles. The fourth-order valence-electron chi connectivity index (χ4n) is 2.03. The third-order valence-electron chi connectivity index (χ3n) is 3.01. The number of nitrogens with zero attached hydrogens (tertiary/aromatic N) is 2. The van der Waals surface area contributed by atoms with Gasteiger partial charge in [-0.3, -0.25) is 9.78 Å². The maximum atomic E-state index is 12.2. The lowest BCUT2D eigenvalue weighted by Crippen LogP contribution is -2.29. The normalized spacial score (nSPS) is 14.0. The largest absolute Gasteiger partial charge is 0.395 e. The molecule has 5 heteroatoms. The lowest BCUT2D eigenvalue weighted by atomic mass is 10.1. The van der Waals surface area contributed by atoms with Crippen LogP contribution in [0.1, 0.15) is 16.8 Å². The van der Waals surface area contributed by atoms with Gasteiger partial charge in [-0.25, -0.2) is 0 Å². The van der Waals surface area contributed by atoms with E-state index in [-0.39, 0.29) is 5.91 Å². The monoisotopic (exact) mass is 255 g/mol. The quantitative estimate of drug-likeness (QED) is 0.908. The van der Waals surface area contributed by atoms with E-state index in [0.717, 1.165) is 17.5 Å². The third-order valence-corrected chi connectivity index (χ3v) is 3.01. The number of pyridine rings is 1. The van der Waals surface area contributed by atoms with Gasteiger partial charge >= 0.3 is 0 Å². The van der Waals surface area contributed by atoms with Gasteiger partial charge in [0.15, 0.2) is 0 Å². The zero-order valence-electron chi connectivity index (χ0n) is 10.3. The van der Waals surface area contributed by atoms with Gasteiger partial charge in [-0.1, -0.05) is 23.4 Å². The Labute approximate surface area is 110 Å². The van der Waals surface area contributed by atoms with E-state index in [0.29, 0.717) is 24.2 Å². The molecule has 1 amide bonds. The van der Waals surface area contributed by atoms with Crippen LogP contribution in [0.5, 0.6) is 0 Å². The number of fused-ring (bicyclic) bond motifs is 1. The summed E-state index contributed by atoms with van der Waals surface area (Å²) >= 11 is 0. The van der Waals surface area contributed by atoms with Crippen LogP contribution in [-0.2, 0) is 4.84 Å². The number of carbonyl (C=O) groups is 1. The molecule has 1 N–H and O–H groups in total. The van der Waals surface area contributed by atoms with Gasteiger partial charge in [0.2, 0.25) is 0 Å². The van der Waals surface area contributed by atoms with Crippen molar-refractivity contribution >= 4 is 22.5 Å². The highest BCUT2D eigenvalue weighted by atomic mass is 16.6. The SMILES string of the molecule is O=C(NCC1=NOCC1)c1cccc2cccnc12. The Kier molecular flexibility index (Phi) is 3.10. The van der Waals surface area contributed by atoms with E-state index in [4.69, 9.17) is 4.84 Å². The average molecular weight is 255 g/mol. The van der Waals surface area contributed by atoms with Gasteiger partial charge in [-0.2, -0.15) is 0 Å². The molecule has 5 nitrogen and oxygen atoms in total. The van der Waals surface area contributed by atoms with Crippen LogP contribution < -0.4 is 5.32 Å². The topological polar surface area (TPSA) is 63.6 Å². The minimum Gasteiger partial charge on any atom is -0.395 e. The summed E-state index contributed by atoms with van der Waals surface area (Å²) in [6.07, 6.45) is 2.46. The number of oxime groups is 1. The summed E-state index contributed by atoms with van der Waals surface area (Å²) < 4.78 is 0. The summed E-state index contributed by atoms with van der Waals surface area (Å²) in [5.74, 6) is -0.140. The van der Waals surface area contributed by atoms with Crippen molar-refractivity contribution in [1.82, 2.24) is 10.3 Å². The molecule has 96 valence electrons. The first-order valence-corrected chi connectivity index (χ1v) is 6.14. The van der Waals surface area contributed by atoms with Crippen molar-refractivity contribution in [2.75, 3.05) is 13.2 Å². The van der Waals surface area contributed by atoms with Gasteiger partial charge in [0.25, 0.3) is 5.91 Å². The first-order chi connectivity index (χ1) is 9.34. The Morgan fingerprint density at radius 3 is 3.05 bits per heavy atom. The van der Waals surface area contributed by atoms with Crippen LogP contribution in [0, 0.1) is 0 Å². The highest BCUT2D eigenvalue weighted by Gasteiger charge is 2.13. The molecule has 0 aliphatic carbocycles. The van der Waals surface area contributed by atoms with E-state index < -0.39 is 0 Å². The maximum absolute atomic E-state index is 12.2. The Morgan fingerprint density at radius 2 is 2.21 bits per heavy atom. The van der Waals surface area contributed by atoms with Gasteiger partial charge in [0, 0.05) is 18.0 Å². The molecule has 0 fully saturated rings. The molecule has 0 saturated heterocycles. The molecule has 3 rings (SSSR count). The van der Waals surface area contributed by atoms with E-state index in [1.165, 1.54) is 0 Å². The Balaban J connectivity index is 1.81. The molecule has 19 heavy (non-hydrogen) atoms. The lowest BCUT2D eigenvalue weighted by Gasteiger charge is -2.06. The van der Waals surface area contributed by atoms with Crippen molar-refractivity contribution in [3.63, 3.8) is 0 Å². The van der Waals surface area contributed by atoms with Gasteiger partial charge in [-0.05, 0) is 12.1 Å². The van der Waals surface area contributed by atoms with Crippen LogP contribution in [0.25, 0.3) is 10.9 Å². The fraction of sp³-hybridized carbons (Fsp3) is 0.214. The number of rotatable bonds is 3. The highest BCUT2D eigenvalue weighted by Crippen LogP contribution is 2.15. The molecule has 0 bridgehead atoms. The number of nitrogens with one attached hydrogen (secondary N) is 1. The van der Waals surface area contributed by atoms with Crippen LogP contribution in [0.2, 0.25) is 0 Å². The first kappa shape index (κ1) is 11.6. The number of hydrogen-bond donors (Lipinski definition) is 1. The van der Waals surface area contributed by atoms with Crippen molar-refractivity contribution in [3.05, 3.63) is 42.1 Å². The van der Waals surface area contributed by atoms with E-state index in [1.54, 1.807) is 12.3 Å². The van der Waals surface area contributed by atoms with Gasteiger partial charge in [-0.15, -0.1) is 0 Å². The van der Waals surface area contributed by atoms with E-state index in [2.05, 4.69) is 15.5 Å². The highest BCUT2D eigenvalue weighted by molar-refractivity contribution is 6.06. The number of amides is 1. The molecule has 2 aromatic rings. The summed E-state index contributed by atoms with van der Waals surface area (Å²) in [6, 6.07) is 9.36. The molecule has 0 atom stereocenters. The smallest absolute Gasteiger partial charge is 0.253 e. The van der Waals surface area contributed by atoms with Crippen molar-refractivity contribution < 1.29 is 9.63 Å². The maximum Gasteiger partial charge on any atom is 0.253 e. The number of carbonyl (C=O) groups excluding carboxylic acids is 1. The van der Waals surface area contributed by atoms with Crippen molar-refractivity contribution in [3.8, 4) is 0 Å². The van der Waals surface area contributed by atoms with E-state index in [9.17, 15) is 4.79 Å². The summed E-state index contributed by atoms with van der Waals surface area (Å²) in [5, 5.41) is 7.65. The Bertz CT molecular complexity index is 647. The zero-order chi connectivity index (χ0) is 13.1. The second-order valence-corrected chi connectivity index (χ2v) is 4.30. The standard InChI is InChI=1S/C14H13N3O2/c18-14(16-9-11-6-8-19-17-11)12-5-1-3-10-4-2-7-15-13(10)12/h1-5,7H,6,8-9H2,(H,16,18). The lowest BCUT2D eigenvalue weighted by molar-refractivity contribution is 0.0960. The van der Waals surface area contributed by atoms with E-state index >= 15 is 0 Å². The van der Waals surface area contributed by atoms with Crippen molar-refractivity contribution in [2.45, 2.75) is 6.42 Å². The van der Waals surface area contributed by atoms with Crippen LogP contribution in [0.3, 0.4) is 0 Å². The molecule has 0 spiro atoms. The second kappa shape index (κ2) is 5.06. The molecule has 0 saturated carbocycles. The minimum atomic E-state index is -0.140. The molecule has 1 aliphatic rings. The van der Waals surface area contributed by atoms with Crippen LogP contribution in [-0.4, -0.2) is 29.8 Å². The number of hydrogen-bond acceptors (Lipinski definition) is 4. The first-order valence-electron chi connectivity index (χ1n) is 6.14. The fourth-order valence-corrected chi connectivity index (χ4v) is 2.03. The molecule has 2 heterocycles. The molecular weight excluding hydrogens is 242 g/mol. The minimum absolute atomic E-state index is 0.140. The average Bonchev–Trinajstić information content (AvgIpc) is 2.97. The summed E-state index contributed by atoms with van der Waals surface area (Å²) in [6.45, 7) is 1.02. The molecule has 1 aliphatic heterocycles. The van der Waals surface area contributed by atoms with Crippen LogP contribution in [0.15, 0.2) is 41.7 Å². The molecule has 1 aromatic carbocycles. The number of benzene rings is 1. The Hall–Kier alpha value is -2.43. The van der Waals surface area contributed by atoms with Crippen molar-refractivity contribution in [2.24, 2.45) is 5.16 Å². The van der Waals surface area contributed by atoms with Crippen molar-refractivity contribution in [1.29, 1.82) is 0 Å². The van der Waals surface area contributed by atoms with Crippen LogP contribution in [0.4, 0.5) is 0 Å². The van der Waals surface area contributed by atoms with E-state index in [1.807, 2.05) is 24.3 Å². The third kappa shape index (κ3) is 2.40. The number of aromatic nitrogens is 1. The van der Waals surface area contributed by atoms with Crippen LogP contribution >= 0.6 is 0 Å². The summed E-state index contributed by atoms with van der Waals surface area (Å²) in [7, 11) is 0. The predicted octanol–water partition coefficient (Wildman–Crippen LogP) is 1.74. The Morgan fingerprint density at radius 1 is 1.32 bits per heavy atom. The second-order valence-electron chi connectivity index (χ2n) is 4.30. The predicted molar refractivity (Wildman–Crippen MR) is 72.1 cm³/mol. The number of para-hydroxylation sites is 1. The summed E-state index contributed by atoms with van der Waals surface area (Å²) in [4.78, 5) is 21.3. The molecule has 0 unspecified atom stereocenters. The summed E-state index contributed by atoms with van der Waals surface area (Å²) in [5.41, 5.74) is 2.16.